The summed E-state index contributed by atoms with van der Waals surface area (Å²) < 4.78 is 38.8. The second-order valence-electron chi connectivity index (χ2n) is 7.11. The molecule has 0 saturated heterocycles. The van der Waals surface area contributed by atoms with Gasteiger partial charge in [0.2, 0.25) is 5.88 Å². The second-order valence-corrected chi connectivity index (χ2v) is 12.6. The van der Waals surface area contributed by atoms with E-state index in [0.717, 1.165) is 24.2 Å². The number of nitrogens with one attached hydrogen (secondary N) is 1. The van der Waals surface area contributed by atoms with Gasteiger partial charge < -0.3 is 14.5 Å². The smallest absolute Gasteiger partial charge is 0.215 e. The van der Waals surface area contributed by atoms with Crippen molar-refractivity contribution in [1.82, 2.24) is 10.3 Å². The highest BCUT2D eigenvalue weighted by atomic mass is 35.5. The van der Waals surface area contributed by atoms with Crippen LogP contribution in [-0.4, -0.2) is 27.0 Å². The van der Waals surface area contributed by atoms with Gasteiger partial charge in [0.05, 0.1) is 18.2 Å². The molecule has 0 amide bonds. The van der Waals surface area contributed by atoms with Crippen LogP contribution in [0, 0.1) is 11.6 Å². The predicted octanol–water partition coefficient (Wildman–Crippen LogP) is 6.53. The van der Waals surface area contributed by atoms with Gasteiger partial charge in [-0.05, 0) is 35.8 Å². The fourth-order valence-corrected chi connectivity index (χ4v) is 6.89. The first-order valence-electron chi connectivity index (χ1n) is 10.0. The molecule has 0 radical (unpaired) electrons. The minimum atomic E-state index is -2.01. The first-order valence-corrected chi connectivity index (χ1v) is 13.3. The Bertz CT molecular complexity index is 802. The van der Waals surface area contributed by atoms with Crippen molar-refractivity contribution in [2.75, 3.05) is 13.7 Å². The van der Waals surface area contributed by atoms with Gasteiger partial charge in [-0.2, -0.15) is 0 Å². The van der Waals surface area contributed by atoms with Gasteiger partial charge >= 0.3 is 0 Å². The largest absolute Gasteiger partial charge is 0.481 e. The Balaban J connectivity index is 2.29. The molecule has 0 aliphatic heterocycles. The zero-order chi connectivity index (χ0) is 22.3. The predicted molar refractivity (Wildman–Crippen MR) is 120 cm³/mol. The molecule has 1 N–H and O–H groups in total. The number of methoxy groups -OCH3 is 1. The third kappa shape index (κ3) is 6.37. The maximum absolute atomic E-state index is 13.5. The van der Waals surface area contributed by atoms with Gasteiger partial charge in [0, 0.05) is 30.8 Å². The summed E-state index contributed by atoms with van der Waals surface area (Å²) in [6.07, 6.45) is -0.451. The van der Waals surface area contributed by atoms with Crippen molar-refractivity contribution in [3.05, 3.63) is 57.2 Å². The number of aromatic nitrogens is 1. The third-order valence-electron chi connectivity index (χ3n) is 5.38. The molecule has 2 aromatic rings. The Kier molecular flexibility index (Phi) is 9.50. The number of halogens is 4. The molecule has 0 aliphatic carbocycles. The van der Waals surface area contributed by atoms with Crippen molar-refractivity contribution in [3.8, 4) is 5.88 Å². The molecule has 0 saturated carbocycles. The van der Waals surface area contributed by atoms with Crippen LogP contribution in [0.3, 0.4) is 0 Å². The minimum absolute atomic E-state index is 0.217. The van der Waals surface area contributed by atoms with E-state index in [2.05, 4.69) is 31.1 Å². The van der Waals surface area contributed by atoms with E-state index in [0.29, 0.717) is 28.6 Å². The molecule has 1 aromatic carbocycles. The minimum Gasteiger partial charge on any atom is -0.481 e. The molecule has 1 atom stereocenters. The average Bonchev–Trinajstić information content (AvgIpc) is 2.70. The molecular weight excluding hydrogens is 449 g/mol. The van der Waals surface area contributed by atoms with Crippen LogP contribution >= 0.6 is 23.2 Å². The van der Waals surface area contributed by atoms with Crippen molar-refractivity contribution >= 4 is 31.5 Å². The summed E-state index contributed by atoms with van der Waals surface area (Å²) in [5, 5.41) is 3.84. The Morgan fingerprint density at radius 1 is 1.03 bits per heavy atom. The van der Waals surface area contributed by atoms with E-state index in [-0.39, 0.29) is 11.7 Å². The summed E-state index contributed by atoms with van der Waals surface area (Å²) in [6.45, 7) is 7.03. The van der Waals surface area contributed by atoms with Crippen molar-refractivity contribution in [2.45, 2.75) is 51.6 Å². The van der Waals surface area contributed by atoms with Crippen LogP contribution in [0.1, 0.15) is 38.0 Å². The molecule has 30 heavy (non-hydrogen) atoms. The first kappa shape index (κ1) is 25.0. The summed E-state index contributed by atoms with van der Waals surface area (Å²) in [6, 6.07) is 7.89. The summed E-state index contributed by atoms with van der Waals surface area (Å²) in [4.78, 5) is 4.24. The van der Waals surface area contributed by atoms with Gasteiger partial charge in [0.1, 0.15) is 16.8 Å². The Hall–Kier alpha value is -1.25. The van der Waals surface area contributed by atoms with Gasteiger partial charge in [0.15, 0.2) is 8.32 Å². The molecule has 0 fully saturated rings. The van der Waals surface area contributed by atoms with Gasteiger partial charge in [0.25, 0.3) is 0 Å². The zero-order valence-corrected chi connectivity index (χ0v) is 20.2. The fraction of sp³-hybridized carbons (Fsp3) is 0.476. The highest BCUT2D eigenvalue weighted by Gasteiger charge is 2.34. The molecule has 1 unspecified atom stereocenters. The van der Waals surface area contributed by atoms with E-state index in [1.54, 1.807) is 6.07 Å². The fourth-order valence-electron chi connectivity index (χ4n) is 3.43. The van der Waals surface area contributed by atoms with E-state index in [1.165, 1.54) is 19.2 Å². The van der Waals surface area contributed by atoms with Crippen LogP contribution in [0.25, 0.3) is 0 Å². The monoisotopic (exact) mass is 476 g/mol. The standard InChI is InChI=1S/C21H28Cl2F2N2O2Si/c1-5-30(6-2,7-3)29-18(20-17(22)11-19(28-4)27-21(20)23)13-26-12-14-8-15(24)10-16(25)9-14/h8-11,18,26H,5-7,12-13H2,1-4H3. The van der Waals surface area contributed by atoms with Crippen LogP contribution < -0.4 is 10.1 Å². The molecule has 1 aromatic heterocycles. The molecule has 2 rings (SSSR count). The second kappa shape index (κ2) is 11.4. The SMILES string of the molecule is CC[Si](CC)(CC)OC(CNCc1cc(F)cc(F)c1)c1c(Cl)cc(OC)nc1Cl. The molecule has 9 heteroatoms. The number of hydrogen-bond acceptors (Lipinski definition) is 4. The van der Waals surface area contributed by atoms with Crippen LogP contribution in [0.2, 0.25) is 28.3 Å². The lowest BCUT2D eigenvalue weighted by molar-refractivity contribution is 0.185. The van der Waals surface area contributed by atoms with Crippen LogP contribution in [0.4, 0.5) is 8.78 Å². The van der Waals surface area contributed by atoms with Gasteiger partial charge in [-0.3, -0.25) is 0 Å². The number of pyridine rings is 1. The normalized spacial score (nSPS) is 12.8. The summed E-state index contributed by atoms with van der Waals surface area (Å²) >= 11 is 12.9. The van der Waals surface area contributed by atoms with Crippen LogP contribution in [-0.2, 0) is 11.0 Å². The summed E-state index contributed by atoms with van der Waals surface area (Å²) in [7, 11) is -0.523. The van der Waals surface area contributed by atoms with E-state index < -0.39 is 26.1 Å². The zero-order valence-electron chi connectivity index (χ0n) is 17.7. The lowest BCUT2D eigenvalue weighted by Crippen LogP contribution is -2.40. The number of nitrogens with zero attached hydrogens (tertiary/aromatic N) is 1. The average molecular weight is 477 g/mol. The summed E-state index contributed by atoms with van der Waals surface area (Å²) in [5.41, 5.74) is 1.09. The first-order chi connectivity index (χ1) is 14.3. The molecular formula is C21H28Cl2F2N2O2Si. The lowest BCUT2D eigenvalue weighted by Gasteiger charge is -2.34. The van der Waals surface area contributed by atoms with Crippen LogP contribution in [0.5, 0.6) is 5.88 Å². The number of rotatable bonds is 11. The molecule has 4 nitrogen and oxygen atoms in total. The van der Waals surface area contributed by atoms with Crippen molar-refractivity contribution in [1.29, 1.82) is 0 Å². The number of benzene rings is 1. The Morgan fingerprint density at radius 2 is 1.63 bits per heavy atom. The van der Waals surface area contributed by atoms with Gasteiger partial charge in [-0.1, -0.05) is 44.0 Å². The number of ether oxygens (including phenoxy) is 1. The molecule has 1 heterocycles. The van der Waals surface area contributed by atoms with E-state index in [9.17, 15) is 8.78 Å². The Labute approximate surface area is 188 Å². The molecule has 166 valence electrons. The van der Waals surface area contributed by atoms with Crippen molar-refractivity contribution in [3.63, 3.8) is 0 Å². The van der Waals surface area contributed by atoms with Gasteiger partial charge in [-0.25, -0.2) is 13.8 Å². The topological polar surface area (TPSA) is 43.4 Å². The van der Waals surface area contributed by atoms with E-state index in [1.807, 2.05) is 0 Å². The summed E-state index contributed by atoms with van der Waals surface area (Å²) in [5.74, 6) is -0.903. The van der Waals surface area contributed by atoms with E-state index in [4.69, 9.17) is 32.4 Å². The lowest BCUT2D eigenvalue weighted by atomic mass is 10.1. The molecule has 0 bridgehead atoms. The quantitative estimate of drug-likeness (QED) is 0.295. The van der Waals surface area contributed by atoms with Crippen LogP contribution in [0.15, 0.2) is 24.3 Å². The highest BCUT2D eigenvalue weighted by Crippen LogP contribution is 2.37. The maximum atomic E-state index is 13.5. The molecule has 0 aliphatic rings. The maximum Gasteiger partial charge on any atom is 0.215 e. The molecule has 0 spiro atoms. The van der Waals surface area contributed by atoms with Crippen molar-refractivity contribution in [2.24, 2.45) is 0 Å². The van der Waals surface area contributed by atoms with E-state index >= 15 is 0 Å². The highest BCUT2D eigenvalue weighted by molar-refractivity contribution is 6.73. The Morgan fingerprint density at radius 3 is 2.13 bits per heavy atom. The third-order valence-corrected chi connectivity index (χ3v) is 10.6. The van der Waals surface area contributed by atoms with Gasteiger partial charge in [-0.15, -0.1) is 0 Å². The number of hydrogen-bond donors (Lipinski definition) is 1. The van der Waals surface area contributed by atoms with Crippen molar-refractivity contribution < 1.29 is 17.9 Å².